The van der Waals surface area contributed by atoms with E-state index >= 15 is 0 Å². The van der Waals surface area contributed by atoms with Crippen molar-refractivity contribution in [1.29, 1.82) is 5.26 Å². The van der Waals surface area contributed by atoms with Crippen molar-refractivity contribution >= 4 is 52.7 Å². The van der Waals surface area contributed by atoms with Crippen molar-refractivity contribution < 1.29 is 17.7 Å². The first-order chi connectivity index (χ1) is 23.5. The van der Waals surface area contributed by atoms with Crippen LogP contribution in [0.4, 0.5) is 24.9 Å². The van der Waals surface area contributed by atoms with Crippen LogP contribution in [0, 0.1) is 18.3 Å². The fraction of sp³-hybridized carbons (Fsp3) is 0.559. The van der Waals surface area contributed by atoms with Gasteiger partial charge in [0.15, 0.2) is 8.46 Å². The van der Waals surface area contributed by atoms with Crippen LogP contribution < -0.4 is 16.0 Å². The predicted octanol–water partition coefficient (Wildman–Crippen LogP) is 6.81. The Morgan fingerprint density at radius 1 is 1.10 bits per heavy atom. The Bertz CT molecular complexity index is 1790. The van der Waals surface area contributed by atoms with Gasteiger partial charge >= 0.3 is 6.18 Å². The molecule has 1 aromatic carbocycles. The van der Waals surface area contributed by atoms with E-state index in [1.165, 1.54) is 11.1 Å². The van der Waals surface area contributed by atoms with Gasteiger partial charge < -0.3 is 20.5 Å². The van der Waals surface area contributed by atoms with Crippen LogP contribution in [0.2, 0.25) is 0 Å². The number of nitriles is 1. The molecule has 15 heteroatoms. The van der Waals surface area contributed by atoms with E-state index < -0.39 is 12.6 Å². The largest absolute Gasteiger partial charge is 0.393 e. The first-order valence-electron chi connectivity index (χ1n) is 16.7. The Labute approximate surface area is 291 Å². The van der Waals surface area contributed by atoms with Gasteiger partial charge in [0.05, 0.1) is 11.8 Å². The van der Waals surface area contributed by atoms with E-state index in [4.69, 9.17) is 4.57 Å². The van der Waals surface area contributed by atoms with Gasteiger partial charge in [0.2, 0.25) is 5.95 Å². The first kappa shape index (κ1) is 36.9. The molecular weight excluding hydrogens is 670 g/mol. The van der Waals surface area contributed by atoms with Gasteiger partial charge in [0.1, 0.15) is 22.4 Å². The molecule has 264 valence electrons. The van der Waals surface area contributed by atoms with Gasteiger partial charge in [-0.3, -0.25) is 14.4 Å². The van der Waals surface area contributed by atoms with Crippen molar-refractivity contribution in [2.45, 2.75) is 70.9 Å². The summed E-state index contributed by atoms with van der Waals surface area (Å²) in [6.07, 6.45) is -3.47. The number of thiophene rings is 1. The average Bonchev–Trinajstić information content (AvgIpc) is 3.67. The van der Waals surface area contributed by atoms with E-state index in [1.807, 2.05) is 0 Å². The van der Waals surface area contributed by atoms with Crippen LogP contribution in [0.15, 0.2) is 24.3 Å². The highest BCUT2D eigenvalue weighted by Crippen LogP contribution is 2.35. The number of halogens is 3. The van der Waals surface area contributed by atoms with Crippen LogP contribution in [0.1, 0.15) is 54.4 Å². The maximum atomic E-state index is 13.1. The molecule has 49 heavy (non-hydrogen) atoms. The number of nitrogens with zero attached hydrogens (tertiary/aromatic N) is 6. The van der Waals surface area contributed by atoms with Gasteiger partial charge in [-0.05, 0) is 62.9 Å². The third-order valence-electron chi connectivity index (χ3n) is 9.72. The summed E-state index contributed by atoms with van der Waals surface area (Å²) in [5.74, 6) is 0.969. The minimum Gasteiger partial charge on any atom is -0.367 e. The Balaban J connectivity index is 0.00000151. The highest BCUT2D eigenvalue weighted by Gasteiger charge is 2.30. The predicted molar refractivity (Wildman–Crippen MR) is 192 cm³/mol. The van der Waals surface area contributed by atoms with E-state index in [0.717, 1.165) is 80.9 Å². The van der Waals surface area contributed by atoms with Gasteiger partial charge in [0, 0.05) is 93.4 Å². The molecule has 0 spiro atoms. The maximum Gasteiger partial charge on any atom is 0.393 e. The fourth-order valence-electron chi connectivity index (χ4n) is 6.94. The number of aromatic nitrogens is 3. The maximum absolute atomic E-state index is 13.1. The monoisotopic (exact) mass is 715 g/mol. The van der Waals surface area contributed by atoms with Crippen LogP contribution in [0.25, 0.3) is 21.1 Å². The molecule has 0 aliphatic carbocycles. The molecule has 0 bridgehead atoms. The minimum absolute atomic E-state index is 0.153. The zero-order valence-electron chi connectivity index (χ0n) is 28.7. The summed E-state index contributed by atoms with van der Waals surface area (Å²) in [4.78, 5) is 14.7. The van der Waals surface area contributed by atoms with Gasteiger partial charge in [-0.15, -0.1) is 11.3 Å². The molecule has 2 aliphatic rings. The van der Waals surface area contributed by atoms with E-state index in [1.54, 1.807) is 19.8 Å². The smallest absolute Gasteiger partial charge is 0.367 e. The Hall–Kier alpha value is -3.34. The highest BCUT2D eigenvalue weighted by molar-refractivity contribution is 7.22. The lowest BCUT2D eigenvalue weighted by molar-refractivity contribution is -0.126. The molecule has 2 atom stereocenters. The van der Waals surface area contributed by atoms with Crippen LogP contribution >= 0.6 is 19.8 Å². The van der Waals surface area contributed by atoms with Gasteiger partial charge in [-0.1, -0.05) is 6.07 Å². The summed E-state index contributed by atoms with van der Waals surface area (Å²) in [6.45, 7) is 14.8. The molecule has 3 N–H and O–H groups in total. The van der Waals surface area contributed by atoms with E-state index in [9.17, 15) is 18.4 Å². The van der Waals surface area contributed by atoms with Crippen molar-refractivity contribution in [3.05, 3.63) is 46.0 Å². The molecule has 2 fully saturated rings. The standard InChI is InChI=1S/C33H42F3N9S.CH3OP/c1-20-23(5-6-29-27(20)15-25(18-37)45(29)22(3)21(2)44-13-9-39-10-14-44)19-43-11-7-24(8-12-43)40-30-28-16-26(17-33(34,35)36)46-31(28)42-32(38-4)41-30;1-3-2/h5-6,15-16,21-22,24,39H,7-14,17,19H2,1-4H3,(H2,38,40,41,42);1H3. The third kappa shape index (κ3) is 8.70. The van der Waals surface area contributed by atoms with E-state index in [0.29, 0.717) is 33.7 Å². The number of piperidine rings is 1. The third-order valence-corrected chi connectivity index (χ3v) is 10.7. The fourth-order valence-corrected chi connectivity index (χ4v) is 8.00. The van der Waals surface area contributed by atoms with Crippen LogP contribution in [-0.2, 0) is 17.5 Å². The number of rotatable bonds is 9. The topological polar surface area (TPSA) is 114 Å². The molecule has 2 aliphatic heterocycles. The number of hydrogen-bond donors (Lipinski definition) is 3. The summed E-state index contributed by atoms with van der Waals surface area (Å²) in [6, 6.07) is 11.1. The van der Waals surface area contributed by atoms with Crippen molar-refractivity contribution in [2.75, 3.05) is 63.6 Å². The zero-order valence-corrected chi connectivity index (χ0v) is 30.4. The molecular formula is C34H45F3N9OPS. The number of aryl methyl sites for hydroxylation is 1. The molecule has 0 amide bonds. The van der Waals surface area contributed by atoms with Crippen molar-refractivity contribution in [3.63, 3.8) is 0 Å². The molecule has 0 radical (unpaired) electrons. The van der Waals surface area contributed by atoms with E-state index in [-0.39, 0.29) is 25.4 Å². The Morgan fingerprint density at radius 3 is 2.43 bits per heavy atom. The molecule has 2 saturated heterocycles. The number of alkyl halides is 3. The number of piperazine rings is 1. The van der Waals surface area contributed by atoms with Crippen molar-refractivity contribution in [3.8, 4) is 6.07 Å². The molecule has 4 aromatic rings. The second-order valence-electron chi connectivity index (χ2n) is 12.8. The lowest BCUT2D eigenvalue weighted by atomic mass is 10.0. The van der Waals surface area contributed by atoms with Gasteiger partial charge in [-0.2, -0.15) is 23.4 Å². The SMILES string of the molecule is CNc1nc(NC2CCN(Cc3ccc4c(cc(C#N)n4C(C)C(C)N4CCNCC4)c3C)CC2)c2cc(CC(F)(F)F)sc2n1.CP=O. The Kier molecular flexibility index (Phi) is 12.2. The number of likely N-dealkylation sites (tertiary alicyclic amines) is 1. The lowest BCUT2D eigenvalue weighted by Gasteiger charge is -2.37. The molecule has 3 aromatic heterocycles. The summed E-state index contributed by atoms with van der Waals surface area (Å²) in [5, 5.41) is 21.7. The quantitative estimate of drug-likeness (QED) is 0.161. The lowest BCUT2D eigenvalue weighted by Crippen LogP contribution is -2.49. The van der Waals surface area contributed by atoms with Crippen LogP contribution in [-0.4, -0.2) is 95.6 Å². The minimum atomic E-state index is -4.27. The van der Waals surface area contributed by atoms with Crippen molar-refractivity contribution in [1.82, 2.24) is 29.7 Å². The van der Waals surface area contributed by atoms with Crippen LogP contribution in [0.5, 0.6) is 0 Å². The second-order valence-corrected chi connectivity index (χ2v) is 14.3. The average molecular weight is 716 g/mol. The highest BCUT2D eigenvalue weighted by atomic mass is 32.1. The number of hydrogen-bond acceptors (Lipinski definition) is 10. The summed E-state index contributed by atoms with van der Waals surface area (Å²) in [5.41, 5.74) is 4.28. The molecule has 6 rings (SSSR count). The molecule has 2 unspecified atom stereocenters. The number of anilines is 2. The zero-order chi connectivity index (χ0) is 35.3. The number of fused-ring (bicyclic) bond motifs is 2. The number of nitrogens with one attached hydrogen (secondary N) is 3. The molecule has 0 saturated carbocycles. The van der Waals surface area contributed by atoms with Crippen molar-refractivity contribution in [2.24, 2.45) is 0 Å². The molecule has 5 heterocycles. The first-order valence-corrected chi connectivity index (χ1v) is 18.8. The summed E-state index contributed by atoms with van der Waals surface area (Å²) in [7, 11) is 1.87. The summed E-state index contributed by atoms with van der Waals surface area (Å²) >= 11 is 1.06. The van der Waals surface area contributed by atoms with Gasteiger partial charge in [-0.25, -0.2) is 4.98 Å². The Morgan fingerprint density at radius 2 is 1.80 bits per heavy atom. The van der Waals surface area contributed by atoms with E-state index in [2.05, 4.69) is 85.3 Å². The normalized spacial score (nSPS) is 17.9. The second kappa shape index (κ2) is 16.1. The summed E-state index contributed by atoms with van der Waals surface area (Å²) < 4.78 is 50.3. The number of benzene rings is 1. The van der Waals surface area contributed by atoms with Gasteiger partial charge in [0.25, 0.3) is 0 Å². The molecule has 10 nitrogen and oxygen atoms in total. The van der Waals surface area contributed by atoms with Crippen LogP contribution in [0.3, 0.4) is 0 Å².